The van der Waals surface area contributed by atoms with Crippen LogP contribution in [0.2, 0.25) is 10.0 Å². The summed E-state index contributed by atoms with van der Waals surface area (Å²) in [6, 6.07) is 64.4. The number of unbranched alkanes of at least 4 members (excludes halogenated alkanes) is 15. The minimum atomic E-state index is -0.605. The Morgan fingerprint density at radius 1 is 0.359 bits per heavy atom. The molecule has 1 atom stereocenters. The van der Waals surface area contributed by atoms with Crippen LogP contribution in [0.15, 0.2) is 218 Å². The van der Waals surface area contributed by atoms with E-state index in [4.69, 9.17) is 56.4 Å². The van der Waals surface area contributed by atoms with E-state index in [1.807, 2.05) is 68.4 Å². The number of likely N-dealkylation sites (N-methyl/N-ethyl adjacent to an activating group) is 1. The van der Waals surface area contributed by atoms with Crippen LogP contribution in [0.1, 0.15) is 199 Å². The van der Waals surface area contributed by atoms with Crippen molar-refractivity contribution in [3.63, 3.8) is 0 Å². The fourth-order valence-electron chi connectivity index (χ4n) is 12.8. The van der Waals surface area contributed by atoms with Crippen molar-refractivity contribution in [1.29, 1.82) is 0 Å². The number of esters is 3. The summed E-state index contributed by atoms with van der Waals surface area (Å²) in [5.74, 6) is 2.40. The van der Waals surface area contributed by atoms with E-state index in [1.165, 1.54) is 47.3 Å². The number of carbonyl (C=O) groups is 6. The van der Waals surface area contributed by atoms with Gasteiger partial charge in [-0.3, -0.25) is 23.3 Å². The second-order valence-electron chi connectivity index (χ2n) is 33.3. The number of ether oxygens (including phenoxy) is 7. The second-order valence-corrected chi connectivity index (χ2v) is 34.2. The highest BCUT2D eigenvalue weighted by Crippen LogP contribution is 2.28. The first kappa shape index (κ1) is 118. The topological polar surface area (TPSA) is 203 Å². The second kappa shape index (κ2) is 63.6. The number of hydrogen-bond donors (Lipinski definition) is 3. The Morgan fingerprint density at radius 3 is 1.09 bits per heavy atom. The van der Waals surface area contributed by atoms with Gasteiger partial charge in [0.25, 0.3) is 5.91 Å². The Labute approximate surface area is 824 Å². The maximum atomic E-state index is 13.3. The average molecular weight is 2140 g/mol. The molecular formula is C103H140Cl2FI3N6O13. The molecule has 9 rings (SSSR count). The van der Waals surface area contributed by atoms with Crippen LogP contribution in [-0.2, 0) is 33.6 Å². The van der Waals surface area contributed by atoms with Crippen LogP contribution in [0.4, 0.5) is 15.8 Å². The van der Waals surface area contributed by atoms with Crippen molar-refractivity contribution < 1.29 is 143 Å². The first-order valence-electron chi connectivity index (χ1n) is 42.7. The molecule has 25 heteroatoms. The summed E-state index contributed by atoms with van der Waals surface area (Å²) in [5.41, 5.74) is 6.58. The quantitative estimate of drug-likeness (QED) is 0.0107. The lowest BCUT2D eigenvalue weighted by Crippen LogP contribution is -3.00. The first-order chi connectivity index (χ1) is 58.4. The third-order valence-corrected chi connectivity index (χ3v) is 20.4. The minimum absolute atomic E-state index is 0. The molecule has 0 spiro atoms. The van der Waals surface area contributed by atoms with Crippen molar-refractivity contribution in [2.75, 3.05) is 103 Å². The number of nitrogens with zero attached hydrogens (tertiary/aromatic N) is 3. The van der Waals surface area contributed by atoms with Gasteiger partial charge in [-0.25, -0.2) is 18.8 Å². The molecular weight excluding hydrogens is 2000 g/mol. The number of nitrogens with one attached hydrogen (secondary N) is 3. The first-order valence-corrected chi connectivity index (χ1v) is 43.5. The van der Waals surface area contributed by atoms with E-state index in [-0.39, 0.29) is 140 Å². The van der Waals surface area contributed by atoms with Gasteiger partial charge in [0.05, 0.1) is 124 Å². The van der Waals surface area contributed by atoms with Gasteiger partial charge in [-0.2, -0.15) is 0 Å². The Hall–Kier alpha value is -8.42. The van der Waals surface area contributed by atoms with E-state index in [0.29, 0.717) is 77.3 Å². The van der Waals surface area contributed by atoms with Crippen LogP contribution in [0.3, 0.4) is 0 Å². The molecule has 0 radical (unpaired) electrons. The van der Waals surface area contributed by atoms with Crippen LogP contribution in [-0.4, -0.2) is 155 Å². The number of hydrogen-bond acceptors (Lipinski definition) is 13. The maximum absolute atomic E-state index is 13.3. The van der Waals surface area contributed by atoms with Gasteiger partial charge in [0.2, 0.25) is 11.8 Å². The molecule has 3 amide bonds. The van der Waals surface area contributed by atoms with E-state index in [9.17, 15) is 33.2 Å². The smallest absolute Gasteiger partial charge is 0.345 e. The lowest BCUT2D eigenvalue weighted by Gasteiger charge is -2.33. The molecule has 0 aromatic heterocycles. The van der Waals surface area contributed by atoms with Crippen LogP contribution in [0.25, 0.3) is 0 Å². The zero-order valence-corrected chi connectivity index (χ0v) is 82.4. The molecule has 0 saturated heterocycles. The van der Waals surface area contributed by atoms with Crippen LogP contribution >= 0.6 is 23.2 Å². The van der Waals surface area contributed by atoms with Crippen LogP contribution in [0.5, 0.6) is 40.2 Å². The molecule has 3 N–H and O–H groups in total. The summed E-state index contributed by atoms with van der Waals surface area (Å²) in [6.45, 7) is 7.96. The summed E-state index contributed by atoms with van der Waals surface area (Å²) < 4.78 is 54.6. The molecule has 9 aromatic rings. The highest BCUT2D eigenvalue weighted by Gasteiger charge is 2.31. The van der Waals surface area contributed by atoms with E-state index < -0.39 is 23.7 Å². The maximum Gasteiger partial charge on any atom is 0.345 e. The summed E-state index contributed by atoms with van der Waals surface area (Å²) in [4.78, 5) is 74.2. The fraction of sp³-hybridized carbons (Fsp3) is 0.417. The predicted octanol–water partition coefficient (Wildman–Crippen LogP) is 13.6. The van der Waals surface area contributed by atoms with Crippen molar-refractivity contribution >= 4 is 70.2 Å². The fourth-order valence-corrected chi connectivity index (χ4v) is 13.3. The minimum Gasteiger partial charge on any atom is -1.00 e. The van der Waals surface area contributed by atoms with Crippen molar-refractivity contribution in [2.24, 2.45) is 0 Å². The van der Waals surface area contributed by atoms with E-state index in [2.05, 4.69) is 116 Å². The Morgan fingerprint density at radius 2 is 0.719 bits per heavy atom. The molecule has 0 bridgehead atoms. The number of benzene rings is 9. The molecule has 702 valence electrons. The molecule has 0 saturated carbocycles. The van der Waals surface area contributed by atoms with Gasteiger partial charge in [0.1, 0.15) is 57.4 Å². The lowest BCUT2D eigenvalue weighted by molar-refractivity contribution is -0.886. The summed E-state index contributed by atoms with van der Waals surface area (Å²) in [6.07, 6.45) is 20.9. The molecule has 0 aliphatic heterocycles. The molecule has 0 aliphatic carbocycles. The third-order valence-electron chi connectivity index (χ3n) is 19.9. The van der Waals surface area contributed by atoms with Gasteiger partial charge < -0.3 is 126 Å². The molecule has 0 aliphatic rings. The van der Waals surface area contributed by atoms with Crippen molar-refractivity contribution in [1.82, 2.24) is 24.9 Å². The highest BCUT2D eigenvalue weighted by molar-refractivity contribution is 6.36. The number of carbonyl (C=O) groups excluding carboxylic acids is 6. The molecule has 1 unspecified atom stereocenters. The van der Waals surface area contributed by atoms with Gasteiger partial charge in [-0.05, 0) is 227 Å². The molecule has 9 aromatic carbocycles. The predicted molar refractivity (Wildman–Crippen MR) is 509 cm³/mol. The average Bonchev–Trinajstić information content (AvgIpc) is 0.834. The Kier molecular flexibility index (Phi) is 58.4. The van der Waals surface area contributed by atoms with E-state index in [0.717, 1.165) is 178 Å². The van der Waals surface area contributed by atoms with Crippen LogP contribution < -0.4 is 130 Å². The summed E-state index contributed by atoms with van der Waals surface area (Å²) in [5, 5.41) is 9.92. The normalized spacial score (nSPS) is 11.0. The number of halogens is 6. The highest BCUT2D eigenvalue weighted by atomic mass is 127. The third kappa shape index (κ3) is 47.4. The monoisotopic (exact) mass is 2140 g/mol. The number of rotatable bonds is 48. The Bertz CT molecular complexity index is 4620. The zero-order valence-electron chi connectivity index (χ0n) is 74.4. The zero-order chi connectivity index (χ0) is 88.1. The molecule has 0 heterocycles. The standard InChI is InChI=1S/C35H46N2O5.C33H41FN2O4.C32H38Cl2N2O4.3CH4.3HI/c1-27(2)41-32-18-14-29(15-19-32)35(39)42-33-22-20-31(21-23-33)40-25-11-9-7-6-8-10-24-36-34(38)26-28-12-16-30(17-13-28)37(3,4)5;1-36(2,3)31(24-26-14-9-8-10-15-26)32(37)35-22-11-6-4-5-7-12-23-39-29-18-20-30(21-19-29)40-33(38)27-16-13-17-28(34)25-27;1-36(2,3)26-13-10-24(11-14-26)22-31(37)35-20-8-6-4-5-7-9-21-39-27-15-17-28(18-16-27)40-32(38)29-19-12-25(33)23-30(29)34;;;;;;/h12-23,27H,6-11,24-26H2,1-5H3;8-10,13-21,25,31H,4-7,11-12,22-24H2,1-3H3;10-19,23H,4-9,20-22H2,1-3H3;3*1H4;3*1H. The van der Waals surface area contributed by atoms with Gasteiger partial charge in [-0.15, -0.1) is 0 Å². The van der Waals surface area contributed by atoms with Gasteiger partial charge >= 0.3 is 17.9 Å². The summed E-state index contributed by atoms with van der Waals surface area (Å²) >= 11 is 11.9. The number of amides is 3. The van der Waals surface area contributed by atoms with Crippen molar-refractivity contribution in [3.8, 4) is 40.2 Å². The molecule has 19 nitrogen and oxygen atoms in total. The molecule has 0 fully saturated rings. The largest absolute Gasteiger partial charge is 1.00 e. The van der Waals surface area contributed by atoms with Gasteiger partial charge in [0.15, 0.2) is 6.04 Å². The van der Waals surface area contributed by atoms with E-state index in [1.54, 1.807) is 91.0 Å². The van der Waals surface area contributed by atoms with Gasteiger partial charge in [-0.1, -0.05) is 183 Å². The van der Waals surface area contributed by atoms with Crippen LogP contribution in [0, 0.1) is 5.82 Å². The number of quaternary nitrogens is 3. The van der Waals surface area contributed by atoms with E-state index >= 15 is 0 Å². The lowest BCUT2D eigenvalue weighted by atomic mass is 10.0. The Balaban J connectivity index is 0.000000938. The van der Waals surface area contributed by atoms with Crippen molar-refractivity contribution in [2.45, 2.75) is 183 Å². The molecule has 128 heavy (non-hydrogen) atoms. The summed E-state index contributed by atoms with van der Waals surface area (Å²) in [7, 11) is 19.0. The van der Waals surface area contributed by atoms with Gasteiger partial charge in [0, 0.05) is 31.1 Å². The van der Waals surface area contributed by atoms with Crippen molar-refractivity contribution in [3.05, 3.63) is 268 Å². The SMILES string of the molecule is C.C.C.CC(C)Oc1ccc(C(=O)Oc2ccc(OCCCCCCCCNC(=O)Cc3ccc([N+](C)(C)C)cc3)cc2)cc1.C[N+](C)(C)C(Cc1ccccc1)C(=O)NCCCCCCCCOc1ccc(OC(=O)c2cccc(F)c2)cc1.C[N+](C)(C)c1ccc(CC(=O)NCCCCCCCCOc2ccc(OC(=O)c3ccc(Cl)cc3Cl)cc2)cc1.[I-].[I-].[I-].